The summed E-state index contributed by atoms with van der Waals surface area (Å²) in [4.78, 5) is 14.4. The van der Waals surface area contributed by atoms with Crippen LogP contribution >= 0.6 is 11.6 Å². The minimum atomic E-state index is 0.0369. The molecule has 0 amide bonds. The Morgan fingerprint density at radius 2 is 2.16 bits per heavy atom. The highest BCUT2D eigenvalue weighted by Crippen LogP contribution is 2.23. The summed E-state index contributed by atoms with van der Waals surface area (Å²) in [5.74, 6) is 0.609. The number of nitrogens with zero attached hydrogens (tertiary/aromatic N) is 1. The normalized spacial score (nSPS) is 17.4. The van der Waals surface area contributed by atoms with Crippen molar-refractivity contribution in [3.8, 4) is 5.75 Å². The van der Waals surface area contributed by atoms with Gasteiger partial charge in [0.25, 0.3) is 0 Å². The Kier molecular flexibility index (Phi) is 4.80. The highest BCUT2D eigenvalue weighted by atomic mass is 35.5. The van der Waals surface area contributed by atoms with E-state index in [-0.39, 0.29) is 11.8 Å². The Labute approximate surface area is 118 Å². The number of Topliss-reactive ketones (excluding diaryl/α,β-unsaturated/α-hetero) is 1. The average Bonchev–Trinajstić information content (AvgIpc) is 2.41. The number of carbonyl (C=O) groups excluding carboxylic acids is 1. The minimum Gasteiger partial charge on any atom is -0.496 e. The molecule has 1 aliphatic heterocycles. The number of hydrogen-bond donors (Lipinski definition) is 1. The van der Waals surface area contributed by atoms with Gasteiger partial charge in [-0.2, -0.15) is 0 Å². The number of ether oxygens (including phenoxy) is 1. The molecular formula is C14H19ClN2O2. The maximum absolute atomic E-state index is 12.3. The summed E-state index contributed by atoms with van der Waals surface area (Å²) in [7, 11) is 1.56. The van der Waals surface area contributed by atoms with Crippen LogP contribution in [-0.4, -0.2) is 43.5 Å². The molecule has 19 heavy (non-hydrogen) atoms. The van der Waals surface area contributed by atoms with Gasteiger partial charge < -0.3 is 10.5 Å². The first-order chi connectivity index (χ1) is 9.10. The molecule has 0 radical (unpaired) electrons. The van der Waals surface area contributed by atoms with Crippen LogP contribution in [0.3, 0.4) is 0 Å². The number of likely N-dealkylation sites (tertiary alicyclic amines) is 1. The van der Waals surface area contributed by atoms with Crippen molar-refractivity contribution in [2.24, 2.45) is 5.73 Å². The minimum absolute atomic E-state index is 0.0369. The zero-order valence-corrected chi connectivity index (χ0v) is 11.8. The van der Waals surface area contributed by atoms with Gasteiger partial charge in [-0.1, -0.05) is 11.6 Å². The molecule has 2 rings (SSSR count). The molecule has 1 aliphatic rings. The van der Waals surface area contributed by atoms with Gasteiger partial charge in [0, 0.05) is 24.2 Å². The molecule has 5 heteroatoms. The number of carbonyl (C=O) groups is 1. The van der Waals surface area contributed by atoms with Gasteiger partial charge in [-0.3, -0.25) is 9.69 Å². The Morgan fingerprint density at radius 3 is 2.79 bits per heavy atom. The van der Waals surface area contributed by atoms with E-state index in [0.29, 0.717) is 22.9 Å². The van der Waals surface area contributed by atoms with E-state index in [1.54, 1.807) is 25.3 Å². The lowest BCUT2D eigenvalue weighted by Gasteiger charge is -2.29. The van der Waals surface area contributed by atoms with Crippen molar-refractivity contribution in [1.82, 2.24) is 4.90 Å². The highest BCUT2D eigenvalue weighted by molar-refractivity contribution is 6.31. The highest BCUT2D eigenvalue weighted by Gasteiger charge is 2.20. The first kappa shape index (κ1) is 14.3. The summed E-state index contributed by atoms with van der Waals surface area (Å²) in [6, 6.07) is 5.38. The Morgan fingerprint density at radius 1 is 1.47 bits per heavy atom. The predicted molar refractivity (Wildman–Crippen MR) is 76.0 cm³/mol. The summed E-state index contributed by atoms with van der Waals surface area (Å²) in [6.07, 6.45) is 1.89. The smallest absolute Gasteiger partial charge is 0.180 e. The molecule has 4 nitrogen and oxygen atoms in total. The maximum atomic E-state index is 12.3. The molecule has 0 unspecified atom stereocenters. The van der Waals surface area contributed by atoms with E-state index in [1.807, 2.05) is 0 Å². The van der Waals surface area contributed by atoms with E-state index >= 15 is 0 Å². The SMILES string of the molecule is COc1ccc(Cl)cc1C(=O)CN1CCC(N)CC1. The van der Waals surface area contributed by atoms with Crippen molar-refractivity contribution >= 4 is 17.4 Å². The molecule has 0 saturated carbocycles. The number of piperidine rings is 1. The second-order valence-corrected chi connectivity index (χ2v) is 5.32. The Balaban J connectivity index is 2.05. The summed E-state index contributed by atoms with van der Waals surface area (Å²) in [5.41, 5.74) is 6.40. The predicted octanol–water partition coefficient (Wildman–Crippen LogP) is 1.95. The zero-order valence-electron chi connectivity index (χ0n) is 11.1. The lowest BCUT2D eigenvalue weighted by atomic mass is 10.0. The fourth-order valence-corrected chi connectivity index (χ4v) is 2.47. The lowest BCUT2D eigenvalue weighted by Crippen LogP contribution is -2.41. The van der Waals surface area contributed by atoms with Crippen LogP contribution in [0.25, 0.3) is 0 Å². The third kappa shape index (κ3) is 3.69. The molecule has 1 heterocycles. The fraction of sp³-hybridized carbons (Fsp3) is 0.500. The van der Waals surface area contributed by atoms with Crippen molar-refractivity contribution in [3.05, 3.63) is 28.8 Å². The summed E-state index contributed by atoms with van der Waals surface area (Å²) in [5, 5.41) is 0.546. The zero-order chi connectivity index (χ0) is 13.8. The third-order valence-corrected chi connectivity index (χ3v) is 3.70. The Hall–Kier alpha value is -1.10. The van der Waals surface area contributed by atoms with E-state index < -0.39 is 0 Å². The van der Waals surface area contributed by atoms with Crippen molar-refractivity contribution in [2.45, 2.75) is 18.9 Å². The van der Waals surface area contributed by atoms with E-state index in [4.69, 9.17) is 22.1 Å². The standard InChI is InChI=1S/C14H19ClN2O2/c1-19-14-3-2-10(15)8-12(14)13(18)9-17-6-4-11(16)5-7-17/h2-3,8,11H,4-7,9,16H2,1H3. The van der Waals surface area contributed by atoms with Crippen LogP contribution in [0.2, 0.25) is 5.02 Å². The van der Waals surface area contributed by atoms with Crippen molar-refractivity contribution in [1.29, 1.82) is 0 Å². The van der Waals surface area contributed by atoms with Crippen LogP contribution in [0.1, 0.15) is 23.2 Å². The molecule has 1 aromatic rings. The quantitative estimate of drug-likeness (QED) is 0.858. The van der Waals surface area contributed by atoms with Crippen LogP contribution in [0.5, 0.6) is 5.75 Å². The molecule has 0 atom stereocenters. The van der Waals surface area contributed by atoms with Crippen molar-refractivity contribution < 1.29 is 9.53 Å². The number of hydrogen-bond acceptors (Lipinski definition) is 4. The van der Waals surface area contributed by atoms with Gasteiger partial charge in [0.1, 0.15) is 5.75 Å². The van der Waals surface area contributed by atoms with Gasteiger partial charge in [-0.05, 0) is 31.0 Å². The molecule has 0 bridgehead atoms. The molecule has 1 saturated heterocycles. The molecule has 1 aromatic carbocycles. The molecule has 1 fully saturated rings. The average molecular weight is 283 g/mol. The van der Waals surface area contributed by atoms with E-state index in [2.05, 4.69) is 4.90 Å². The fourth-order valence-electron chi connectivity index (χ4n) is 2.30. The number of nitrogens with two attached hydrogens (primary N) is 1. The largest absolute Gasteiger partial charge is 0.496 e. The van der Waals surface area contributed by atoms with Gasteiger partial charge in [-0.15, -0.1) is 0 Å². The third-order valence-electron chi connectivity index (χ3n) is 3.46. The molecule has 104 valence electrons. The number of halogens is 1. The van der Waals surface area contributed by atoms with Crippen molar-refractivity contribution in [3.63, 3.8) is 0 Å². The molecule has 0 spiro atoms. The van der Waals surface area contributed by atoms with Gasteiger partial charge in [0.2, 0.25) is 0 Å². The van der Waals surface area contributed by atoms with Gasteiger partial charge in [-0.25, -0.2) is 0 Å². The summed E-state index contributed by atoms with van der Waals surface area (Å²) >= 11 is 5.94. The van der Waals surface area contributed by atoms with Crippen molar-refractivity contribution in [2.75, 3.05) is 26.7 Å². The summed E-state index contributed by atoms with van der Waals surface area (Å²) in [6.45, 7) is 2.13. The van der Waals surface area contributed by atoms with Crippen LogP contribution in [0.15, 0.2) is 18.2 Å². The van der Waals surface area contributed by atoms with Crippen LogP contribution in [0, 0.1) is 0 Å². The first-order valence-electron chi connectivity index (χ1n) is 6.45. The molecule has 2 N–H and O–H groups in total. The Bertz CT molecular complexity index is 457. The number of rotatable bonds is 4. The number of benzene rings is 1. The van der Waals surface area contributed by atoms with Crippen LogP contribution in [-0.2, 0) is 0 Å². The van der Waals surface area contributed by atoms with E-state index in [0.717, 1.165) is 25.9 Å². The van der Waals surface area contributed by atoms with Crippen LogP contribution in [0.4, 0.5) is 0 Å². The molecule has 0 aliphatic carbocycles. The first-order valence-corrected chi connectivity index (χ1v) is 6.82. The lowest BCUT2D eigenvalue weighted by molar-refractivity contribution is 0.0907. The number of ketones is 1. The van der Waals surface area contributed by atoms with Crippen LogP contribution < -0.4 is 10.5 Å². The maximum Gasteiger partial charge on any atom is 0.180 e. The number of methoxy groups -OCH3 is 1. The second-order valence-electron chi connectivity index (χ2n) is 4.88. The van der Waals surface area contributed by atoms with Gasteiger partial charge >= 0.3 is 0 Å². The van der Waals surface area contributed by atoms with E-state index in [1.165, 1.54) is 0 Å². The second kappa shape index (κ2) is 6.37. The van der Waals surface area contributed by atoms with Gasteiger partial charge in [0.15, 0.2) is 5.78 Å². The topological polar surface area (TPSA) is 55.6 Å². The van der Waals surface area contributed by atoms with E-state index in [9.17, 15) is 4.79 Å². The monoisotopic (exact) mass is 282 g/mol. The van der Waals surface area contributed by atoms with Gasteiger partial charge in [0.05, 0.1) is 19.2 Å². The summed E-state index contributed by atoms with van der Waals surface area (Å²) < 4.78 is 5.21. The molecular weight excluding hydrogens is 264 g/mol. The molecule has 0 aromatic heterocycles.